The number of para-hydroxylation sites is 2. The molecule has 0 saturated heterocycles. The number of allylic oxidation sites excluding steroid dienone is 1. The smallest absolute Gasteiger partial charge is 0.416 e. The van der Waals surface area contributed by atoms with E-state index < -0.39 is 11.7 Å². The van der Waals surface area contributed by atoms with Crippen LogP contribution in [-0.2, 0) is 6.18 Å². The van der Waals surface area contributed by atoms with Crippen LogP contribution in [-0.4, -0.2) is 19.9 Å². The number of anilines is 1. The third kappa shape index (κ3) is 4.87. The molecule has 4 nitrogen and oxygen atoms in total. The van der Waals surface area contributed by atoms with Crippen molar-refractivity contribution in [1.82, 2.24) is 0 Å². The molecular formula is C26H23F3N2O2. The first-order valence-corrected chi connectivity index (χ1v) is 10.4. The first-order valence-electron chi connectivity index (χ1n) is 10.4. The van der Waals surface area contributed by atoms with Gasteiger partial charge in [-0.3, -0.25) is 5.01 Å². The van der Waals surface area contributed by atoms with Crippen LogP contribution < -0.4 is 14.5 Å². The summed E-state index contributed by atoms with van der Waals surface area (Å²) in [6, 6.07) is 20.0. The Morgan fingerprint density at radius 1 is 0.879 bits per heavy atom. The maximum Gasteiger partial charge on any atom is 0.416 e. The summed E-state index contributed by atoms with van der Waals surface area (Å²) >= 11 is 0. The summed E-state index contributed by atoms with van der Waals surface area (Å²) in [6.45, 7) is 0. The minimum atomic E-state index is -4.44. The zero-order valence-electron chi connectivity index (χ0n) is 18.2. The van der Waals surface area contributed by atoms with Gasteiger partial charge < -0.3 is 9.47 Å². The summed E-state index contributed by atoms with van der Waals surface area (Å²) < 4.78 is 51.0. The number of methoxy groups -OCH3 is 2. The highest BCUT2D eigenvalue weighted by Gasteiger charge is 2.34. The van der Waals surface area contributed by atoms with Gasteiger partial charge in [0.2, 0.25) is 0 Å². The van der Waals surface area contributed by atoms with Crippen LogP contribution in [0.3, 0.4) is 0 Å². The number of benzene rings is 3. The predicted octanol–water partition coefficient (Wildman–Crippen LogP) is 6.74. The minimum Gasteiger partial charge on any atom is -0.496 e. The zero-order chi connectivity index (χ0) is 23.4. The number of rotatable bonds is 6. The molecule has 7 heteroatoms. The lowest BCUT2D eigenvalue weighted by Crippen LogP contribution is -2.20. The summed E-state index contributed by atoms with van der Waals surface area (Å²) in [4.78, 5) is 0. The van der Waals surface area contributed by atoms with E-state index in [0.717, 1.165) is 34.7 Å². The Morgan fingerprint density at radius 2 is 1.58 bits per heavy atom. The average Bonchev–Trinajstić information content (AvgIpc) is 3.26. The summed E-state index contributed by atoms with van der Waals surface area (Å²) in [5.41, 5.74) is 2.11. The van der Waals surface area contributed by atoms with Gasteiger partial charge in [-0.15, -0.1) is 0 Å². The molecule has 0 N–H and O–H groups in total. The second kappa shape index (κ2) is 9.40. The van der Waals surface area contributed by atoms with E-state index in [1.807, 2.05) is 60.7 Å². The number of alkyl halides is 3. The number of hydrazone groups is 1. The number of ether oxygens (including phenoxy) is 2. The van der Waals surface area contributed by atoms with E-state index in [1.54, 1.807) is 25.3 Å². The molecule has 3 aromatic carbocycles. The molecule has 1 aliphatic heterocycles. The highest BCUT2D eigenvalue weighted by atomic mass is 19.4. The lowest BCUT2D eigenvalue weighted by Gasteiger charge is -2.26. The van der Waals surface area contributed by atoms with Gasteiger partial charge in [0, 0.05) is 17.5 Å². The molecule has 0 fully saturated rings. The lowest BCUT2D eigenvalue weighted by molar-refractivity contribution is -0.137. The molecule has 0 unspecified atom stereocenters. The minimum absolute atomic E-state index is 0.318. The maximum absolute atomic E-state index is 13.4. The Morgan fingerprint density at radius 3 is 2.30 bits per heavy atom. The van der Waals surface area contributed by atoms with Gasteiger partial charge in [-0.05, 0) is 42.5 Å². The van der Waals surface area contributed by atoms with Gasteiger partial charge in [0.25, 0.3) is 0 Å². The second-order valence-electron chi connectivity index (χ2n) is 7.52. The van der Waals surface area contributed by atoms with E-state index >= 15 is 0 Å². The van der Waals surface area contributed by atoms with E-state index in [1.165, 1.54) is 6.07 Å². The van der Waals surface area contributed by atoms with Crippen LogP contribution in [0.2, 0.25) is 0 Å². The van der Waals surface area contributed by atoms with Crippen molar-refractivity contribution in [3.63, 3.8) is 0 Å². The molecule has 1 aliphatic rings. The number of hydrogen-bond acceptors (Lipinski definition) is 4. The van der Waals surface area contributed by atoms with E-state index in [0.29, 0.717) is 17.9 Å². The molecule has 170 valence electrons. The molecule has 0 spiro atoms. The van der Waals surface area contributed by atoms with Crippen LogP contribution in [0.5, 0.6) is 11.5 Å². The molecule has 33 heavy (non-hydrogen) atoms. The average molecular weight is 452 g/mol. The summed E-state index contributed by atoms with van der Waals surface area (Å²) in [5.74, 6) is 1.38. The maximum atomic E-state index is 13.4. The summed E-state index contributed by atoms with van der Waals surface area (Å²) in [7, 11) is 3.18. The van der Waals surface area contributed by atoms with Crippen molar-refractivity contribution >= 4 is 17.5 Å². The van der Waals surface area contributed by atoms with Crippen molar-refractivity contribution in [2.75, 3.05) is 19.2 Å². The Bertz CT molecular complexity index is 1190. The van der Waals surface area contributed by atoms with Gasteiger partial charge in [0.15, 0.2) is 0 Å². The standard InChI is InChI=1S/C26H23F3N2O2/c1-32-24-12-5-3-8-18(24)14-15-20-17-23(22-11-4-6-13-25(22)33-2)31(30-20)21-10-7-9-19(16-21)26(27,28)29/h3-16,23H,17H2,1-2H3/b15-14+/t23-/m1/s1. The van der Waals surface area contributed by atoms with Crippen molar-refractivity contribution in [1.29, 1.82) is 0 Å². The third-order valence-corrected chi connectivity index (χ3v) is 5.46. The monoisotopic (exact) mass is 452 g/mol. The van der Waals surface area contributed by atoms with Gasteiger partial charge in [-0.1, -0.05) is 42.5 Å². The molecule has 0 aliphatic carbocycles. The van der Waals surface area contributed by atoms with Crippen LogP contribution in [0.4, 0.5) is 18.9 Å². The quantitative estimate of drug-likeness (QED) is 0.415. The van der Waals surface area contributed by atoms with E-state index in [-0.39, 0.29) is 6.04 Å². The van der Waals surface area contributed by atoms with Gasteiger partial charge in [0.1, 0.15) is 11.5 Å². The van der Waals surface area contributed by atoms with Gasteiger partial charge >= 0.3 is 6.18 Å². The van der Waals surface area contributed by atoms with Crippen LogP contribution in [0.25, 0.3) is 6.08 Å². The lowest BCUT2D eigenvalue weighted by atomic mass is 9.99. The fourth-order valence-corrected chi connectivity index (χ4v) is 3.87. The molecule has 1 heterocycles. The fourth-order valence-electron chi connectivity index (χ4n) is 3.87. The van der Waals surface area contributed by atoms with E-state index in [9.17, 15) is 13.2 Å². The third-order valence-electron chi connectivity index (χ3n) is 5.46. The van der Waals surface area contributed by atoms with Crippen LogP contribution in [0.1, 0.15) is 29.2 Å². The van der Waals surface area contributed by atoms with Gasteiger partial charge in [-0.2, -0.15) is 18.3 Å². The number of hydrogen-bond donors (Lipinski definition) is 0. The molecule has 1 atom stereocenters. The predicted molar refractivity (Wildman–Crippen MR) is 124 cm³/mol. The van der Waals surface area contributed by atoms with Crippen molar-refractivity contribution in [2.45, 2.75) is 18.6 Å². The van der Waals surface area contributed by atoms with Crippen molar-refractivity contribution in [3.8, 4) is 11.5 Å². The Balaban J connectivity index is 1.74. The van der Waals surface area contributed by atoms with E-state index in [4.69, 9.17) is 9.47 Å². The molecular weight excluding hydrogens is 429 g/mol. The van der Waals surface area contributed by atoms with Crippen LogP contribution in [0.15, 0.2) is 84.0 Å². The normalized spacial score (nSPS) is 16.2. The SMILES string of the molecule is COc1ccccc1/C=C/C1=NN(c2cccc(C(F)(F)F)c2)[C@@H](c2ccccc2OC)C1. The van der Waals surface area contributed by atoms with Gasteiger partial charge in [-0.25, -0.2) is 0 Å². The van der Waals surface area contributed by atoms with Crippen molar-refractivity contribution in [2.24, 2.45) is 5.10 Å². The summed E-state index contributed by atoms with van der Waals surface area (Å²) in [6.07, 6.45) is -0.172. The van der Waals surface area contributed by atoms with Crippen LogP contribution >= 0.6 is 0 Å². The molecule has 0 amide bonds. The van der Waals surface area contributed by atoms with Crippen LogP contribution in [0, 0.1) is 0 Å². The second-order valence-corrected chi connectivity index (χ2v) is 7.52. The topological polar surface area (TPSA) is 34.1 Å². The Hall–Kier alpha value is -3.74. The Labute approximate surface area is 190 Å². The van der Waals surface area contributed by atoms with Crippen molar-refractivity contribution in [3.05, 3.63) is 95.6 Å². The molecule has 0 radical (unpaired) electrons. The molecule has 4 rings (SSSR count). The molecule has 0 saturated carbocycles. The molecule has 0 bridgehead atoms. The van der Waals surface area contributed by atoms with E-state index in [2.05, 4.69) is 5.10 Å². The molecule has 3 aromatic rings. The zero-order valence-corrected chi connectivity index (χ0v) is 18.2. The highest BCUT2D eigenvalue weighted by molar-refractivity contribution is 6.01. The Kier molecular flexibility index (Phi) is 6.40. The fraction of sp³-hybridized carbons (Fsp3) is 0.192. The van der Waals surface area contributed by atoms with Crippen molar-refractivity contribution < 1.29 is 22.6 Å². The highest BCUT2D eigenvalue weighted by Crippen LogP contribution is 2.41. The first kappa shape index (κ1) is 22.5. The number of nitrogens with zero attached hydrogens (tertiary/aromatic N) is 2. The number of halogens is 3. The first-order chi connectivity index (χ1) is 15.9. The largest absolute Gasteiger partial charge is 0.496 e. The summed E-state index contributed by atoms with van der Waals surface area (Å²) in [5, 5.41) is 6.32. The molecule has 0 aromatic heterocycles. The van der Waals surface area contributed by atoms with Gasteiger partial charge in [0.05, 0.1) is 37.2 Å².